The van der Waals surface area contributed by atoms with Crippen LogP contribution in [0.3, 0.4) is 0 Å². The topological polar surface area (TPSA) is 69.7 Å². The minimum atomic E-state index is -3.34. The molecule has 2 fully saturated rings. The molecule has 0 spiro atoms. The molecule has 6 nitrogen and oxygen atoms in total. The van der Waals surface area contributed by atoms with Crippen molar-refractivity contribution in [2.45, 2.75) is 51.1 Å². The van der Waals surface area contributed by atoms with Crippen LogP contribution in [0.4, 0.5) is 0 Å². The van der Waals surface area contributed by atoms with Gasteiger partial charge in [0.05, 0.1) is 11.8 Å². The standard InChI is InChI=1S/C18H29N3O3S2/c1-2-13-26(23,24)21-11-5-7-15(21)18(22)19-14-16(17-8-6-12-25-17)20-9-3-4-10-20/h6,8,12,15-16H,2-5,7,9-11,13-14H2,1H3,(H,19,22). The molecule has 1 N–H and O–H groups in total. The Bertz CT molecular complexity index is 685. The second kappa shape index (κ2) is 8.82. The molecular weight excluding hydrogens is 370 g/mol. The number of rotatable bonds is 8. The summed E-state index contributed by atoms with van der Waals surface area (Å²) in [6.07, 6.45) is 4.33. The highest BCUT2D eigenvalue weighted by Gasteiger charge is 2.38. The first-order valence-corrected chi connectivity index (χ1v) is 12.1. The smallest absolute Gasteiger partial charge is 0.238 e. The minimum Gasteiger partial charge on any atom is -0.353 e. The molecule has 3 heterocycles. The van der Waals surface area contributed by atoms with E-state index in [2.05, 4.69) is 21.7 Å². The number of hydrogen-bond donors (Lipinski definition) is 1. The van der Waals surface area contributed by atoms with Crippen LogP contribution < -0.4 is 5.32 Å². The summed E-state index contributed by atoms with van der Waals surface area (Å²) in [5, 5.41) is 5.12. The third kappa shape index (κ3) is 4.47. The summed E-state index contributed by atoms with van der Waals surface area (Å²) in [6.45, 7) is 4.96. The molecule has 0 aliphatic carbocycles. The number of likely N-dealkylation sites (tertiary alicyclic amines) is 1. The number of hydrogen-bond acceptors (Lipinski definition) is 5. The Balaban J connectivity index is 1.64. The first kappa shape index (κ1) is 19.8. The molecule has 0 radical (unpaired) electrons. The van der Waals surface area contributed by atoms with Gasteiger partial charge in [-0.3, -0.25) is 9.69 Å². The number of nitrogens with zero attached hydrogens (tertiary/aromatic N) is 2. The van der Waals surface area contributed by atoms with Crippen LogP contribution in [-0.2, 0) is 14.8 Å². The summed E-state index contributed by atoms with van der Waals surface area (Å²) in [5.41, 5.74) is 0. The highest BCUT2D eigenvalue weighted by Crippen LogP contribution is 2.28. The third-order valence-corrected chi connectivity index (χ3v) is 8.30. The predicted molar refractivity (Wildman–Crippen MR) is 105 cm³/mol. The molecule has 1 aromatic rings. The van der Waals surface area contributed by atoms with Crippen molar-refractivity contribution in [2.24, 2.45) is 0 Å². The van der Waals surface area contributed by atoms with Crippen LogP contribution in [0.1, 0.15) is 49.9 Å². The van der Waals surface area contributed by atoms with Crippen molar-refractivity contribution in [3.05, 3.63) is 22.4 Å². The van der Waals surface area contributed by atoms with Crippen LogP contribution in [0.5, 0.6) is 0 Å². The fourth-order valence-electron chi connectivity index (χ4n) is 3.97. The maximum atomic E-state index is 12.8. The molecule has 3 rings (SSSR count). The van der Waals surface area contributed by atoms with E-state index in [1.807, 2.05) is 13.0 Å². The van der Waals surface area contributed by atoms with Crippen LogP contribution in [0.2, 0.25) is 0 Å². The number of carbonyl (C=O) groups is 1. The molecule has 2 aliphatic rings. The SMILES string of the molecule is CCCS(=O)(=O)N1CCCC1C(=O)NCC(c1cccs1)N1CCCC1. The fraction of sp³-hybridized carbons (Fsp3) is 0.722. The second-order valence-corrected chi connectivity index (χ2v) is 10.1. The second-order valence-electron chi connectivity index (χ2n) is 7.10. The Hall–Kier alpha value is -0.960. The molecule has 2 saturated heterocycles. The van der Waals surface area contributed by atoms with E-state index in [0.29, 0.717) is 25.9 Å². The van der Waals surface area contributed by atoms with Gasteiger partial charge in [-0.15, -0.1) is 11.3 Å². The zero-order valence-electron chi connectivity index (χ0n) is 15.4. The fourth-order valence-corrected chi connectivity index (χ4v) is 6.58. The van der Waals surface area contributed by atoms with Crippen molar-refractivity contribution in [3.8, 4) is 0 Å². The van der Waals surface area contributed by atoms with Crippen LogP contribution in [-0.4, -0.2) is 61.5 Å². The van der Waals surface area contributed by atoms with Crippen molar-refractivity contribution in [1.29, 1.82) is 0 Å². The zero-order valence-corrected chi connectivity index (χ0v) is 17.0. The molecule has 0 bridgehead atoms. The summed E-state index contributed by atoms with van der Waals surface area (Å²) >= 11 is 1.71. The Morgan fingerprint density at radius 2 is 2.08 bits per heavy atom. The van der Waals surface area contributed by atoms with Gasteiger partial charge in [0.25, 0.3) is 0 Å². The van der Waals surface area contributed by atoms with Crippen molar-refractivity contribution >= 4 is 27.3 Å². The summed E-state index contributed by atoms with van der Waals surface area (Å²) in [6, 6.07) is 3.80. The normalized spacial score (nSPS) is 23.3. The summed E-state index contributed by atoms with van der Waals surface area (Å²) in [4.78, 5) is 16.4. The van der Waals surface area contributed by atoms with Gasteiger partial charge in [-0.1, -0.05) is 13.0 Å². The first-order valence-electron chi connectivity index (χ1n) is 9.57. The van der Waals surface area contributed by atoms with E-state index in [-0.39, 0.29) is 17.7 Å². The number of thiophene rings is 1. The van der Waals surface area contributed by atoms with Crippen LogP contribution in [0.25, 0.3) is 0 Å². The van der Waals surface area contributed by atoms with Gasteiger partial charge in [-0.2, -0.15) is 4.31 Å². The molecule has 26 heavy (non-hydrogen) atoms. The van der Waals surface area contributed by atoms with Gasteiger partial charge in [-0.05, 0) is 56.6 Å². The summed E-state index contributed by atoms with van der Waals surface area (Å²) < 4.78 is 26.3. The van der Waals surface area contributed by atoms with E-state index in [9.17, 15) is 13.2 Å². The van der Waals surface area contributed by atoms with Gasteiger partial charge in [0.1, 0.15) is 6.04 Å². The minimum absolute atomic E-state index is 0.113. The zero-order chi connectivity index (χ0) is 18.6. The Morgan fingerprint density at radius 1 is 1.31 bits per heavy atom. The van der Waals surface area contributed by atoms with E-state index in [1.54, 1.807) is 11.3 Å². The number of sulfonamides is 1. The quantitative estimate of drug-likeness (QED) is 0.728. The van der Waals surface area contributed by atoms with Crippen molar-refractivity contribution in [2.75, 3.05) is 31.9 Å². The molecule has 0 saturated carbocycles. The lowest BCUT2D eigenvalue weighted by molar-refractivity contribution is -0.124. The summed E-state index contributed by atoms with van der Waals surface area (Å²) in [5.74, 6) is -0.0366. The van der Waals surface area contributed by atoms with E-state index >= 15 is 0 Å². The van der Waals surface area contributed by atoms with E-state index in [4.69, 9.17) is 0 Å². The Labute approximate surface area is 160 Å². The molecule has 2 unspecified atom stereocenters. The maximum absolute atomic E-state index is 12.8. The van der Waals surface area contributed by atoms with E-state index < -0.39 is 16.1 Å². The molecule has 1 amide bonds. The molecule has 2 atom stereocenters. The average molecular weight is 400 g/mol. The average Bonchev–Trinajstić information content (AvgIpc) is 3.36. The van der Waals surface area contributed by atoms with Crippen LogP contribution in [0.15, 0.2) is 17.5 Å². The lowest BCUT2D eigenvalue weighted by Gasteiger charge is -2.28. The molecule has 146 valence electrons. The lowest BCUT2D eigenvalue weighted by Crippen LogP contribution is -2.48. The highest BCUT2D eigenvalue weighted by atomic mass is 32.2. The van der Waals surface area contributed by atoms with Gasteiger partial charge in [0, 0.05) is 18.0 Å². The van der Waals surface area contributed by atoms with Gasteiger partial charge in [0.2, 0.25) is 15.9 Å². The van der Waals surface area contributed by atoms with Gasteiger partial charge >= 0.3 is 0 Å². The van der Waals surface area contributed by atoms with Gasteiger partial charge in [-0.25, -0.2) is 8.42 Å². The number of amides is 1. The maximum Gasteiger partial charge on any atom is 0.238 e. The molecular formula is C18H29N3O3S2. The van der Waals surface area contributed by atoms with Crippen molar-refractivity contribution in [1.82, 2.24) is 14.5 Å². The molecule has 0 aromatic carbocycles. The number of carbonyl (C=O) groups excluding carboxylic acids is 1. The first-order chi connectivity index (χ1) is 12.5. The van der Waals surface area contributed by atoms with Gasteiger partial charge < -0.3 is 5.32 Å². The molecule has 1 aromatic heterocycles. The highest BCUT2D eigenvalue weighted by molar-refractivity contribution is 7.89. The van der Waals surface area contributed by atoms with E-state index in [1.165, 1.54) is 22.0 Å². The van der Waals surface area contributed by atoms with E-state index in [0.717, 1.165) is 19.5 Å². The van der Waals surface area contributed by atoms with Crippen molar-refractivity contribution in [3.63, 3.8) is 0 Å². The van der Waals surface area contributed by atoms with Crippen LogP contribution >= 0.6 is 11.3 Å². The third-order valence-electron chi connectivity index (χ3n) is 5.25. The molecule has 8 heteroatoms. The van der Waals surface area contributed by atoms with Crippen LogP contribution in [0, 0.1) is 0 Å². The largest absolute Gasteiger partial charge is 0.353 e. The number of nitrogens with one attached hydrogen (secondary N) is 1. The lowest BCUT2D eigenvalue weighted by atomic mass is 10.2. The summed E-state index contributed by atoms with van der Waals surface area (Å²) in [7, 11) is -3.34. The van der Waals surface area contributed by atoms with Gasteiger partial charge in [0.15, 0.2) is 0 Å². The molecule has 2 aliphatic heterocycles. The van der Waals surface area contributed by atoms with Crippen molar-refractivity contribution < 1.29 is 13.2 Å². The Morgan fingerprint density at radius 3 is 2.73 bits per heavy atom. The monoisotopic (exact) mass is 399 g/mol. The Kier molecular flexibility index (Phi) is 6.71. The predicted octanol–water partition coefficient (Wildman–Crippen LogP) is 2.21.